The first kappa shape index (κ1) is 15.9. The van der Waals surface area contributed by atoms with Crippen LogP contribution in [0.25, 0.3) is 0 Å². The molecule has 0 N–H and O–H groups in total. The standard InChI is InChI=1S/C14H30OSi/c1-9-11-13(12(3)10-2)15-16(7,8)14(4,5)6/h9,12-13H,1,10-11H2,2-8H3/t12-,13?/m0/s1. The first-order valence-corrected chi connectivity index (χ1v) is 9.35. The third-order valence-electron chi connectivity index (χ3n) is 3.93. The minimum absolute atomic E-state index is 0.292. The third-order valence-corrected chi connectivity index (χ3v) is 8.43. The van der Waals surface area contributed by atoms with Gasteiger partial charge in [0.1, 0.15) is 0 Å². The Hall–Kier alpha value is -0.0831. The van der Waals surface area contributed by atoms with Gasteiger partial charge in [0.05, 0.1) is 6.10 Å². The van der Waals surface area contributed by atoms with Crippen LogP contribution in [0.1, 0.15) is 47.5 Å². The second-order valence-corrected chi connectivity index (χ2v) is 11.1. The van der Waals surface area contributed by atoms with Gasteiger partial charge in [0.2, 0.25) is 0 Å². The lowest BCUT2D eigenvalue weighted by Crippen LogP contribution is -2.45. The average molecular weight is 242 g/mol. The van der Waals surface area contributed by atoms with Crippen molar-refractivity contribution in [2.45, 2.75) is 71.7 Å². The molecule has 1 nitrogen and oxygen atoms in total. The first-order chi connectivity index (χ1) is 7.15. The van der Waals surface area contributed by atoms with Crippen LogP contribution in [0.15, 0.2) is 12.7 Å². The summed E-state index contributed by atoms with van der Waals surface area (Å²) in [6.45, 7) is 19.9. The van der Waals surface area contributed by atoms with E-state index in [-0.39, 0.29) is 0 Å². The Balaban J connectivity index is 4.68. The Bertz CT molecular complexity index is 215. The molecule has 0 amide bonds. The lowest BCUT2D eigenvalue weighted by Gasteiger charge is -2.40. The second kappa shape index (κ2) is 6.01. The van der Waals surface area contributed by atoms with Crippen molar-refractivity contribution in [2.24, 2.45) is 5.92 Å². The minimum Gasteiger partial charge on any atom is -0.413 e. The Labute approximate surface area is 103 Å². The predicted molar refractivity (Wildman–Crippen MR) is 76.3 cm³/mol. The van der Waals surface area contributed by atoms with Crippen LogP contribution in [0, 0.1) is 5.92 Å². The van der Waals surface area contributed by atoms with Gasteiger partial charge in [-0.25, -0.2) is 0 Å². The Morgan fingerprint density at radius 1 is 1.31 bits per heavy atom. The molecular weight excluding hydrogens is 212 g/mol. The number of hydrogen-bond acceptors (Lipinski definition) is 1. The molecule has 0 heterocycles. The van der Waals surface area contributed by atoms with Crippen LogP contribution in [0.5, 0.6) is 0 Å². The van der Waals surface area contributed by atoms with Crippen LogP contribution in [-0.4, -0.2) is 14.4 Å². The molecule has 0 aliphatic heterocycles. The Morgan fingerprint density at radius 3 is 2.12 bits per heavy atom. The zero-order valence-corrected chi connectivity index (χ0v) is 13.3. The van der Waals surface area contributed by atoms with Gasteiger partial charge in [-0.1, -0.05) is 47.1 Å². The quantitative estimate of drug-likeness (QED) is 0.470. The molecule has 0 bridgehead atoms. The average Bonchev–Trinajstić information content (AvgIpc) is 2.14. The molecule has 16 heavy (non-hydrogen) atoms. The molecule has 0 saturated carbocycles. The van der Waals surface area contributed by atoms with E-state index in [2.05, 4.69) is 54.3 Å². The van der Waals surface area contributed by atoms with E-state index in [1.54, 1.807) is 0 Å². The van der Waals surface area contributed by atoms with Crippen molar-refractivity contribution < 1.29 is 4.43 Å². The maximum Gasteiger partial charge on any atom is 0.192 e. The van der Waals surface area contributed by atoms with Gasteiger partial charge in [-0.3, -0.25) is 0 Å². The van der Waals surface area contributed by atoms with Gasteiger partial charge in [-0.15, -0.1) is 6.58 Å². The van der Waals surface area contributed by atoms with Crippen LogP contribution in [-0.2, 0) is 4.43 Å². The predicted octanol–water partition coefficient (Wildman–Crippen LogP) is 5.00. The first-order valence-electron chi connectivity index (χ1n) is 6.44. The highest BCUT2D eigenvalue weighted by Gasteiger charge is 2.39. The molecule has 0 spiro atoms. The molecule has 0 aliphatic carbocycles. The minimum atomic E-state index is -1.63. The molecule has 0 radical (unpaired) electrons. The summed E-state index contributed by atoms with van der Waals surface area (Å²) in [5, 5.41) is 0.292. The van der Waals surface area contributed by atoms with Crippen molar-refractivity contribution in [1.82, 2.24) is 0 Å². The highest BCUT2D eigenvalue weighted by atomic mass is 28.4. The summed E-state index contributed by atoms with van der Waals surface area (Å²) < 4.78 is 6.46. The van der Waals surface area contributed by atoms with Crippen LogP contribution in [0.2, 0.25) is 18.1 Å². The van der Waals surface area contributed by atoms with Crippen molar-refractivity contribution in [1.29, 1.82) is 0 Å². The molecule has 2 atom stereocenters. The normalized spacial score (nSPS) is 16.9. The van der Waals surface area contributed by atoms with Gasteiger partial charge in [-0.05, 0) is 30.5 Å². The molecule has 1 unspecified atom stereocenters. The highest BCUT2D eigenvalue weighted by Crippen LogP contribution is 2.38. The fraction of sp³-hybridized carbons (Fsp3) is 0.857. The molecule has 0 saturated heterocycles. The zero-order chi connectivity index (χ0) is 13.0. The van der Waals surface area contributed by atoms with Gasteiger partial charge < -0.3 is 4.43 Å². The van der Waals surface area contributed by atoms with E-state index in [4.69, 9.17) is 4.43 Å². The SMILES string of the molecule is C=CCC(O[Si](C)(C)C(C)(C)C)[C@@H](C)CC. The summed E-state index contributed by atoms with van der Waals surface area (Å²) in [6.07, 6.45) is 4.49. The summed E-state index contributed by atoms with van der Waals surface area (Å²) >= 11 is 0. The van der Waals surface area contributed by atoms with Crippen LogP contribution in [0.3, 0.4) is 0 Å². The summed E-state index contributed by atoms with van der Waals surface area (Å²) in [5.74, 6) is 0.618. The highest BCUT2D eigenvalue weighted by molar-refractivity contribution is 6.74. The molecule has 0 aliphatic rings. The fourth-order valence-corrected chi connectivity index (χ4v) is 2.82. The Morgan fingerprint density at radius 2 is 1.81 bits per heavy atom. The van der Waals surface area contributed by atoms with E-state index in [0.29, 0.717) is 17.1 Å². The topological polar surface area (TPSA) is 9.23 Å². The van der Waals surface area contributed by atoms with Crippen molar-refractivity contribution in [3.05, 3.63) is 12.7 Å². The van der Waals surface area contributed by atoms with Gasteiger partial charge in [-0.2, -0.15) is 0 Å². The van der Waals surface area contributed by atoms with Crippen LogP contribution in [0.4, 0.5) is 0 Å². The Kier molecular flexibility index (Phi) is 5.98. The number of hydrogen-bond donors (Lipinski definition) is 0. The summed E-state index contributed by atoms with van der Waals surface area (Å²) in [4.78, 5) is 0. The maximum atomic E-state index is 6.46. The van der Waals surface area contributed by atoms with Gasteiger partial charge in [0.15, 0.2) is 8.32 Å². The van der Waals surface area contributed by atoms with Crippen molar-refractivity contribution in [2.75, 3.05) is 0 Å². The van der Waals surface area contributed by atoms with E-state index in [9.17, 15) is 0 Å². The van der Waals surface area contributed by atoms with Gasteiger partial charge in [0, 0.05) is 0 Å². The molecule has 0 aromatic heterocycles. The van der Waals surface area contributed by atoms with E-state index < -0.39 is 8.32 Å². The molecule has 96 valence electrons. The van der Waals surface area contributed by atoms with E-state index in [1.165, 1.54) is 6.42 Å². The van der Waals surface area contributed by atoms with Gasteiger partial charge >= 0.3 is 0 Å². The van der Waals surface area contributed by atoms with E-state index in [0.717, 1.165) is 6.42 Å². The monoisotopic (exact) mass is 242 g/mol. The van der Waals surface area contributed by atoms with Gasteiger partial charge in [0.25, 0.3) is 0 Å². The molecule has 0 fully saturated rings. The maximum absolute atomic E-state index is 6.46. The second-order valence-electron chi connectivity index (χ2n) is 6.33. The third kappa shape index (κ3) is 4.42. The lowest BCUT2D eigenvalue weighted by atomic mass is 10.00. The molecule has 0 rings (SSSR count). The summed E-state index contributed by atoms with van der Waals surface area (Å²) in [5.41, 5.74) is 0. The molecular formula is C14H30OSi. The van der Waals surface area contributed by atoms with Crippen LogP contribution < -0.4 is 0 Å². The van der Waals surface area contributed by atoms with Crippen molar-refractivity contribution in [3.63, 3.8) is 0 Å². The zero-order valence-electron chi connectivity index (χ0n) is 12.3. The molecule has 0 aromatic carbocycles. The van der Waals surface area contributed by atoms with E-state index in [1.807, 2.05) is 6.08 Å². The van der Waals surface area contributed by atoms with E-state index >= 15 is 0 Å². The molecule has 2 heteroatoms. The summed E-state index contributed by atoms with van der Waals surface area (Å²) in [6, 6.07) is 0. The van der Waals surface area contributed by atoms with Crippen LogP contribution >= 0.6 is 0 Å². The van der Waals surface area contributed by atoms with Crippen molar-refractivity contribution in [3.8, 4) is 0 Å². The fourth-order valence-electron chi connectivity index (χ4n) is 1.38. The summed E-state index contributed by atoms with van der Waals surface area (Å²) in [7, 11) is -1.63. The molecule has 0 aromatic rings. The number of rotatable bonds is 6. The lowest BCUT2D eigenvalue weighted by molar-refractivity contribution is 0.126. The largest absolute Gasteiger partial charge is 0.413 e. The smallest absolute Gasteiger partial charge is 0.192 e. The van der Waals surface area contributed by atoms with Crippen molar-refractivity contribution >= 4 is 8.32 Å².